The fraction of sp³-hybridized carbons (Fsp3) is 0.562. The van der Waals surface area contributed by atoms with Crippen molar-refractivity contribution in [1.82, 2.24) is 0 Å². The molecule has 112 valence electrons. The number of carbonyl (C=O) groups excluding carboxylic acids is 1. The largest absolute Gasteiger partial charge is 0.466 e. The van der Waals surface area contributed by atoms with E-state index in [0.29, 0.717) is 18.1 Å². The second-order valence-corrected chi connectivity index (χ2v) is 6.07. The molecule has 0 spiro atoms. The van der Waals surface area contributed by atoms with Gasteiger partial charge in [-0.25, -0.2) is 0 Å². The lowest BCUT2D eigenvalue weighted by atomic mass is 9.77. The predicted molar refractivity (Wildman–Crippen MR) is 80.7 cm³/mol. The monoisotopic (exact) mass is 298 g/mol. The molecule has 0 aliphatic carbocycles. The Morgan fingerprint density at radius 1 is 1.35 bits per heavy atom. The van der Waals surface area contributed by atoms with Gasteiger partial charge >= 0.3 is 5.97 Å². The SMILES string of the molecule is CCOC(=O)C(C(C)C)C(C)(O)Cc1ccc(Cl)cc1. The van der Waals surface area contributed by atoms with Crippen molar-refractivity contribution in [3.8, 4) is 0 Å². The standard InChI is InChI=1S/C16H23ClO3/c1-5-20-15(18)14(11(2)3)16(4,19)10-12-6-8-13(17)9-7-12/h6-9,11,14,19H,5,10H2,1-4H3. The Balaban J connectivity index is 2.92. The minimum Gasteiger partial charge on any atom is -0.466 e. The van der Waals surface area contributed by atoms with Crippen LogP contribution in [0.5, 0.6) is 0 Å². The summed E-state index contributed by atoms with van der Waals surface area (Å²) in [5.41, 5.74) is -0.219. The Bertz CT molecular complexity index is 438. The summed E-state index contributed by atoms with van der Waals surface area (Å²) in [5, 5.41) is 11.4. The molecule has 3 nitrogen and oxygen atoms in total. The highest BCUT2D eigenvalue weighted by Crippen LogP contribution is 2.30. The number of esters is 1. The first kappa shape index (κ1) is 17.0. The van der Waals surface area contributed by atoms with E-state index in [1.807, 2.05) is 26.0 Å². The second kappa shape index (κ2) is 7.09. The van der Waals surface area contributed by atoms with Gasteiger partial charge in [0, 0.05) is 11.4 Å². The molecular weight excluding hydrogens is 276 g/mol. The number of hydrogen-bond donors (Lipinski definition) is 1. The summed E-state index contributed by atoms with van der Waals surface area (Å²) in [6.07, 6.45) is 0.381. The number of carbonyl (C=O) groups is 1. The minimum atomic E-state index is -1.16. The van der Waals surface area contributed by atoms with E-state index in [2.05, 4.69) is 0 Å². The van der Waals surface area contributed by atoms with E-state index < -0.39 is 11.5 Å². The number of hydrogen-bond acceptors (Lipinski definition) is 3. The van der Waals surface area contributed by atoms with Crippen LogP contribution in [0.3, 0.4) is 0 Å². The lowest BCUT2D eigenvalue weighted by molar-refractivity contribution is -0.160. The van der Waals surface area contributed by atoms with Crippen LogP contribution in [0.1, 0.15) is 33.3 Å². The highest BCUT2D eigenvalue weighted by atomic mass is 35.5. The molecule has 0 saturated heterocycles. The van der Waals surface area contributed by atoms with Gasteiger partial charge in [0.15, 0.2) is 0 Å². The van der Waals surface area contributed by atoms with Gasteiger partial charge in [0.25, 0.3) is 0 Å². The van der Waals surface area contributed by atoms with Crippen molar-refractivity contribution in [2.75, 3.05) is 6.61 Å². The van der Waals surface area contributed by atoms with Crippen LogP contribution >= 0.6 is 11.6 Å². The number of halogens is 1. The normalized spacial score (nSPS) is 15.8. The molecular formula is C16H23ClO3. The second-order valence-electron chi connectivity index (χ2n) is 5.63. The molecule has 1 N–H and O–H groups in total. The van der Waals surface area contributed by atoms with Gasteiger partial charge < -0.3 is 9.84 Å². The minimum absolute atomic E-state index is 0.00338. The molecule has 2 atom stereocenters. The summed E-state index contributed by atoms with van der Waals surface area (Å²) in [4.78, 5) is 12.1. The van der Waals surface area contributed by atoms with Crippen LogP contribution in [0.15, 0.2) is 24.3 Å². The van der Waals surface area contributed by atoms with Crippen molar-refractivity contribution in [1.29, 1.82) is 0 Å². The maximum Gasteiger partial charge on any atom is 0.312 e. The lowest BCUT2D eigenvalue weighted by Gasteiger charge is -2.34. The molecule has 4 heteroatoms. The van der Waals surface area contributed by atoms with E-state index in [1.165, 1.54) is 0 Å². The summed E-state index contributed by atoms with van der Waals surface area (Å²) in [6.45, 7) is 7.60. The molecule has 0 saturated carbocycles. The van der Waals surface area contributed by atoms with Gasteiger partial charge in [-0.2, -0.15) is 0 Å². The van der Waals surface area contributed by atoms with Crippen LogP contribution in [0.25, 0.3) is 0 Å². The maximum atomic E-state index is 12.1. The van der Waals surface area contributed by atoms with Gasteiger partial charge in [0.05, 0.1) is 18.1 Å². The maximum absolute atomic E-state index is 12.1. The average molecular weight is 299 g/mol. The topological polar surface area (TPSA) is 46.5 Å². The molecule has 0 heterocycles. The average Bonchev–Trinajstić information content (AvgIpc) is 2.31. The summed E-state index contributed by atoms with van der Waals surface area (Å²) in [5.74, 6) is -0.907. The van der Waals surface area contributed by atoms with Crippen LogP contribution in [0, 0.1) is 11.8 Å². The first-order chi connectivity index (χ1) is 9.27. The first-order valence-corrected chi connectivity index (χ1v) is 7.29. The highest BCUT2D eigenvalue weighted by Gasteiger charge is 2.40. The van der Waals surface area contributed by atoms with E-state index in [4.69, 9.17) is 16.3 Å². The number of aliphatic hydroxyl groups is 1. The van der Waals surface area contributed by atoms with Gasteiger partial charge in [-0.3, -0.25) is 4.79 Å². The molecule has 1 aromatic carbocycles. The van der Waals surface area contributed by atoms with Crippen LogP contribution in [-0.4, -0.2) is 23.3 Å². The number of rotatable bonds is 6. The lowest BCUT2D eigenvalue weighted by Crippen LogP contribution is -2.45. The quantitative estimate of drug-likeness (QED) is 0.818. The molecule has 20 heavy (non-hydrogen) atoms. The molecule has 0 fully saturated rings. The van der Waals surface area contributed by atoms with Gasteiger partial charge in [-0.1, -0.05) is 37.6 Å². The molecule has 0 aliphatic heterocycles. The molecule has 2 unspecified atom stereocenters. The summed E-state index contributed by atoms with van der Waals surface area (Å²) in [7, 11) is 0. The molecule has 0 bridgehead atoms. The zero-order valence-electron chi connectivity index (χ0n) is 12.5. The fourth-order valence-electron chi connectivity index (χ4n) is 2.60. The van der Waals surface area contributed by atoms with E-state index in [1.54, 1.807) is 26.0 Å². The molecule has 1 aromatic rings. The van der Waals surface area contributed by atoms with Crippen molar-refractivity contribution in [3.05, 3.63) is 34.9 Å². The van der Waals surface area contributed by atoms with Crippen LogP contribution in [0.2, 0.25) is 5.02 Å². The van der Waals surface area contributed by atoms with E-state index in [-0.39, 0.29) is 11.9 Å². The van der Waals surface area contributed by atoms with Crippen molar-refractivity contribution >= 4 is 17.6 Å². The zero-order valence-corrected chi connectivity index (χ0v) is 13.3. The summed E-state index contributed by atoms with van der Waals surface area (Å²) >= 11 is 5.85. The zero-order chi connectivity index (χ0) is 15.3. The van der Waals surface area contributed by atoms with Gasteiger partial charge in [-0.15, -0.1) is 0 Å². The Morgan fingerprint density at radius 3 is 2.35 bits per heavy atom. The van der Waals surface area contributed by atoms with Crippen molar-refractivity contribution in [3.63, 3.8) is 0 Å². The van der Waals surface area contributed by atoms with Gasteiger partial charge in [0.1, 0.15) is 0 Å². The molecule has 0 aliphatic rings. The third-order valence-electron chi connectivity index (χ3n) is 3.35. The third kappa shape index (κ3) is 4.50. The van der Waals surface area contributed by atoms with E-state index in [9.17, 15) is 9.90 Å². The third-order valence-corrected chi connectivity index (χ3v) is 3.60. The fourth-order valence-corrected chi connectivity index (χ4v) is 2.73. The molecule has 0 aromatic heterocycles. The Kier molecular flexibility index (Phi) is 6.03. The Hall–Kier alpha value is -1.06. The van der Waals surface area contributed by atoms with E-state index in [0.717, 1.165) is 5.56 Å². The smallest absolute Gasteiger partial charge is 0.312 e. The van der Waals surface area contributed by atoms with Crippen LogP contribution in [0.4, 0.5) is 0 Å². The van der Waals surface area contributed by atoms with E-state index >= 15 is 0 Å². The molecule has 1 rings (SSSR count). The Morgan fingerprint density at radius 2 is 1.90 bits per heavy atom. The first-order valence-electron chi connectivity index (χ1n) is 6.91. The predicted octanol–water partition coefficient (Wildman–Crippen LogP) is 3.47. The number of benzene rings is 1. The number of ether oxygens (including phenoxy) is 1. The van der Waals surface area contributed by atoms with Crippen molar-refractivity contribution in [2.45, 2.75) is 39.7 Å². The van der Waals surface area contributed by atoms with Crippen molar-refractivity contribution < 1.29 is 14.6 Å². The summed E-state index contributed by atoms with van der Waals surface area (Å²) < 4.78 is 5.09. The van der Waals surface area contributed by atoms with Gasteiger partial charge in [0.2, 0.25) is 0 Å². The van der Waals surface area contributed by atoms with Crippen molar-refractivity contribution in [2.24, 2.45) is 11.8 Å². The summed E-state index contributed by atoms with van der Waals surface area (Å²) in [6, 6.07) is 7.28. The molecule has 0 radical (unpaired) electrons. The Labute approximate surface area is 125 Å². The van der Waals surface area contributed by atoms with Crippen LogP contribution < -0.4 is 0 Å². The highest BCUT2D eigenvalue weighted by molar-refractivity contribution is 6.30. The van der Waals surface area contributed by atoms with Gasteiger partial charge in [-0.05, 0) is 37.5 Å². The molecule has 0 amide bonds. The van der Waals surface area contributed by atoms with Crippen LogP contribution in [-0.2, 0) is 16.0 Å².